The second-order valence-electron chi connectivity index (χ2n) is 11.4. The Hall–Kier alpha value is -4.17. The molecule has 3 aromatic rings. The molecule has 2 saturated heterocycles. The van der Waals surface area contributed by atoms with Gasteiger partial charge in [0.2, 0.25) is 0 Å². The van der Waals surface area contributed by atoms with Crippen molar-refractivity contribution in [2.24, 2.45) is 0 Å². The minimum atomic E-state index is -0.830. The van der Waals surface area contributed by atoms with Crippen LogP contribution in [0.15, 0.2) is 72.6 Å². The Morgan fingerprint density at radius 3 is 2.25 bits per heavy atom. The number of nitrogens with zero attached hydrogens (tertiary/aromatic N) is 4. The van der Waals surface area contributed by atoms with E-state index in [1.807, 2.05) is 36.4 Å². The zero-order valence-corrected chi connectivity index (χ0v) is 23.7. The van der Waals surface area contributed by atoms with Crippen molar-refractivity contribution in [2.75, 3.05) is 50.1 Å². The van der Waals surface area contributed by atoms with Gasteiger partial charge in [-0.2, -0.15) is 0 Å². The van der Waals surface area contributed by atoms with E-state index in [1.54, 1.807) is 37.7 Å². The second-order valence-corrected chi connectivity index (χ2v) is 11.4. The lowest BCUT2D eigenvalue weighted by molar-refractivity contribution is -0.132. The van der Waals surface area contributed by atoms with Gasteiger partial charge in [-0.05, 0) is 66.6 Å². The van der Waals surface area contributed by atoms with Gasteiger partial charge in [0, 0.05) is 61.1 Å². The average molecular weight is 541 g/mol. The molecule has 1 amide bonds. The lowest BCUT2D eigenvalue weighted by atomic mass is 9.84. The Morgan fingerprint density at radius 1 is 0.975 bits per heavy atom. The largest absolute Gasteiger partial charge is 0.507 e. The highest BCUT2D eigenvalue weighted by Crippen LogP contribution is 2.43. The molecule has 3 heterocycles. The predicted octanol–water partition coefficient (Wildman–Crippen LogP) is 4.77. The van der Waals surface area contributed by atoms with Crippen LogP contribution >= 0.6 is 0 Å². The third-order valence-electron chi connectivity index (χ3n) is 7.72. The van der Waals surface area contributed by atoms with Crippen LogP contribution < -0.4 is 14.5 Å². The number of Topliss-reactive ketones (excluding diaryl/α,β-unsaturated/α-hetero) is 1. The zero-order valence-electron chi connectivity index (χ0n) is 23.7. The maximum absolute atomic E-state index is 13.6. The molecule has 0 spiro atoms. The Bertz CT molecular complexity index is 1440. The van der Waals surface area contributed by atoms with Crippen molar-refractivity contribution in [2.45, 2.75) is 32.2 Å². The minimum Gasteiger partial charge on any atom is -0.507 e. The van der Waals surface area contributed by atoms with Crippen molar-refractivity contribution < 1.29 is 19.4 Å². The number of carbonyl (C=O) groups excluding carboxylic acids is 2. The van der Waals surface area contributed by atoms with Crippen molar-refractivity contribution in [1.82, 2.24) is 9.88 Å². The molecule has 8 nitrogen and oxygen atoms in total. The molecule has 8 heteroatoms. The molecule has 1 aromatic heterocycles. The van der Waals surface area contributed by atoms with Crippen molar-refractivity contribution in [1.29, 1.82) is 0 Å². The van der Waals surface area contributed by atoms with Crippen molar-refractivity contribution in [3.05, 3.63) is 89.3 Å². The molecule has 208 valence electrons. The number of hydrogen-bond acceptors (Lipinski definition) is 7. The summed E-state index contributed by atoms with van der Waals surface area (Å²) < 4.78 is 5.55. The van der Waals surface area contributed by atoms with Gasteiger partial charge in [-0.25, -0.2) is 0 Å². The number of ether oxygens (including phenoxy) is 1. The fourth-order valence-corrected chi connectivity index (χ4v) is 5.44. The van der Waals surface area contributed by atoms with Crippen LogP contribution in [0.3, 0.4) is 0 Å². The summed E-state index contributed by atoms with van der Waals surface area (Å²) in [6, 6.07) is 15.8. The molecule has 0 saturated carbocycles. The number of pyridine rings is 1. The molecular formula is C32H36N4O4. The maximum Gasteiger partial charge on any atom is 0.300 e. The number of benzene rings is 2. The first-order valence-corrected chi connectivity index (χ1v) is 13.5. The van der Waals surface area contributed by atoms with Gasteiger partial charge in [0.15, 0.2) is 0 Å². The number of likely N-dealkylation sites (N-methyl/N-ethyl adjacent to an activating group) is 1. The Balaban J connectivity index is 1.59. The van der Waals surface area contributed by atoms with Crippen LogP contribution in [0.4, 0.5) is 11.4 Å². The predicted molar refractivity (Wildman–Crippen MR) is 157 cm³/mol. The van der Waals surface area contributed by atoms with Gasteiger partial charge in [-0.15, -0.1) is 0 Å². The highest BCUT2D eigenvalue weighted by molar-refractivity contribution is 6.51. The monoisotopic (exact) mass is 540 g/mol. The van der Waals surface area contributed by atoms with E-state index in [4.69, 9.17) is 4.74 Å². The summed E-state index contributed by atoms with van der Waals surface area (Å²) in [5, 5.41) is 11.6. The smallest absolute Gasteiger partial charge is 0.300 e. The van der Waals surface area contributed by atoms with E-state index in [0.29, 0.717) is 22.6 Å². The molecule has 5 rings (SSSR count). The quantitative estimate of drug-likeness (QED) is 0.284. The third-order valence-corrected chi connectivity index (χ3v) is 7.72. The average Bonchev–Trinajstić information content (AvgIpc) is 3.22. The van der Waals surface area contributed by atoms with Crippen molar-refractivity contribution >= 4 is 28.8 Å². The molecule has 1 N–H and O–H groups in total. The number of carbonyl (C=O) groups is 2. The standard InChI is InChI=1S/C32H36N4O4/c1-32(2,3)25-19-21(8-13-26(25)40-5)29(37)27-28(22-7-6-14-33-20-22)36(31(39)30(27)38)24-11-9-23(10-12-24)35-17-15-34(4)16-18-35/h6-14,19-20,28,37H,15-18H2,1-5H3/b29-27-. The van der Waals surface area contributed by atoms with Gasteiger partial charge in [0.1, 0.15) is 11.5 Å². The summed E-state index contributed by atoms with van der Waals surface area (Å²) in [6.45, 7) is 9.97. The van der Waals surface area contributed by atoms with Crippen LogP contribution in [-0.2, 0) is 15.0 Å². The second kappa shape index (κ2) is 10.8. The summed E-state index contributed by atoms with van der Waals surface area (Å²) in [5.74, 6) is -0.958. The van der Waals surface area contributed by atoms with E-state index in [-0.39, 0.29) is 16.7 Å². The first kappa shape index (κ1) is 27.4. The number of aromatic nitrogens is 1. The lowest BCUT2D eigenvalue weighted by Crippen LogP contribution is -2.44. The van der Waals surface area contributed by atoms with E-state index in [0.717, 1.165) is 37.4 Å². The number of hydrogen-bond donors (Lipinski definition) is 1. The molecule has 2 fully saturated rings. The molecular weight excluding hydrogens is 504 g/mol. The van der Waals surface area contributed by atoms with Crippen LogP contribution in [0.1, 0.15) is 43.5 Å². The maximum atomic E-state index is 13.6. The number of ketones is 1. The van der Waals surface area contributed by atoms with E-state index < -0.39 is 17.7 Å². The Morgan fingerprint density at radius 2 is 1.65 bits per heavy atom. The van der Waals surface area contributed by atoms with Gasteiger partial charge >= 0.3 is 0 Å². The summed E-state index contributed by atoms with van der Waals surface area (Å²) in [6.07, 6.45) is 3.27. The number of amides is 1. The Kier molecular flexibility index (Phi) is 7.38. The van der Waals surface area contributed by atoms with Gasteiger partial charge < -0.3 is 19.6 Å². The fourth-order valence-electron chi connectivity index (χ4n) is 5.44. The SMILES string of the molecule is COc1ccc(/C(O)=C2/C(=O)C(=O)N(c3ccc(N4CCN(C)CC4)cc3)C2c2cccnc2)cc1C(C)(C)C. The highest BCUT2D eigenvalue weighted by Gasteiger charge is 2.47. The van der Waals surface area contributed by atoms with Crippen LogP contribution in [0, 0.1) is 0 Å². The number of anilines is 2. The highest BCUT2D eigenvalue weighted by atomic mass is 16.5. The van der Waals surface area contributed by atoms with Crippen molar-refractivity contribution in [3.63, 3.8) is 0 Å². The summed E-state index contributed by atoms with van der Waals surface area (Å²) in [5.41, 5.74) is 3.37. The fraction of sp³-hybridized carbons (Fsp3) is 0.344. The third kappa shape index (κ3) is 5.07. The van der Waals surface area contributed by atoms with Crippen molar-refractivity contribution in [3.8, 4) is 5.75 Å². The summed E-state index contributed by atoms with van der Waals surface area (Å²) >= 11 is 0. The van der Waals surface area contributed by atoms with Crippen LogP contribution in [0.5, 0.6) is 5.75 Å². The molecule has 1 atom stereocenters. The lowest BCUT2D eigenvalue weighted by Gasteiger charge is -2.34. The zero-order chi connectivity index (χ0) is 28.6. The van der Waals surface area contributed by atoms with Crippen LogP contribution in [0.2, 0.25) is 0 Å². The normalized spacial score (nSPS) is 19.8. The summed E-state index contributed by atoms with van der Waals surface area (Å²) in [7, 11) is 3.72. The molecule has 2 aromatic carbocycles. The minimum absolute atomic E-state index is 0.0335. The molecule has 40 heavy (non-hydrogen) atoms. The Labute approximate surface area is 235 Å². The van der Waals surface area contributed by atoms with E-state index in [9.17, 15) is 14.7 Å². The van der Waals surface area contributed by atoms with Gasteiger partial charge in [-0.1, -0.05) is 26.8 Å². The number of methoxy groups -OCH3 is 1. The number of rotatable bonds is 5. The van der Waals surface area contributed by atoms with Gasteiger partial charge in [0.25, 0.3) is 11.7 Å². The molecule has 0 bridgehead atoms. The molecule has 1 unspecified atom stereocenters. The van der Waals surface area contributed by atoms with E-state index >= 15 is 0 Å². The van der Waals surface area contributed by atoms with E-state index in [2.05, 4.69) is 42.6 Å². The number of aliphatic hydroxyl groups is 1. The van der Waals surface area contributed by atoms with Gasteiger partial charge in [0.05, 0.1) is 18.7 Å². The molecule has 2 aliphatic heterocycles. The molecule has 0 radical (unpaired) electrons. The summed E-state index contributed by atoms with van der Waals surface area (Å²) in [4.78, 5) is 37.4. The first-order chi connectivity index (χ1) is 19.1. The number of aliphatic hydroxyl groups excluding tert-OH is 1. The topological polar surface area (TPSA) is 86.2 Å². The number of piperazine rings is 1. The molecule has 2 aliphatic rings. The van der Waals surface area contributed by atoms with Crippen LogP contribution in [0.25, 0.3) is 5.76 Å². The van der Waals surface area contributed by atoms with Gasteiger partial charge in [-0.3, -0.25) is 19.5 Å². The molecule has 0 aliphatic carbocycles. The van der Waals surface area contributed by atoms with E-state index in [1.165, 1.54) is 4.90 Å². The first-order valence-electron chi connectivity index (χ1n) is 13.5. The van der Waals surface area contributed by atoms with Crippen LogP contribution in [-0.4, -0.2) is 67.0 Å².